The highest BCUT2D eigenvalue weighted by Crippen LogP contribution is 2.31. The second-order valence-electron chi connectivity index (χ2n) is 5.23. The number of hydrogen-bond acceptors (Lipinski definition) is 4. The van der Waals surface area contributed by atoms with Crippen molar-refractivity contribution in [3.8, 4) is 10.6 Å². The van der Waals surface area contributed by atoms with Crippen LogP contribution in [0.25, 0.3) is 10.6 Å². The molecule has 0 radical (unpaired) electrons. The Morgan fingerprint density at radius 3 is 2.64 bits per heavy atom. The average molecular weight is 366 g/mol. The summed E-state index contributed by atoms with van der Waals surface area (Å²) < 4.78 is 37.7. The van der Waals surface area contributed by atoms with Crippen LogP contribution in [0.2, 0.25) is 0 Å². The van der Waals surface area contributed by atoms with Crippen molar-refractivity contribution in [2.75, 3.05) is 6.54 Å². The highest BCUT2D eigenvalue weighted by Gasteiger charge is 2.30. The summed E-state index contributed by atoms with van der Waals surface area (Å²) in [4.78, 5) is 16.3. The van der Waals surface area contributed by atoms with Gasteiger partial charge >= 0.3 is 6.18 Å². The fourth-order valence-electron chi connectivity index (χ4n) is 2.14. The quantitative estimate of drug-likeness (QED) is 0.726. The summed E-state index contributed by atoms with van der Waals surface area (Å²) >= 11 is 1.21. The summed E-state index contributed by atoms with van der Waals surface area (Å²) in [5.41, 5.74) is 1.04. The van der Waals surface area contributed by atoms with Crippen LogP contribution in [0, 0.1) is 0 Å². The van der Waals surface area contributed by atoms with E-state index in [0.717, 1.165) is 17.7 Å². The second-order valence-corrected chi connectivity index (χ2v) is 6.08. The van der Waals surface area contributed by atoms with Crippen molar-refractivity contribution in [2.45, 2.75) is 12.6 Å². The Balaban J connectivity index is 1.62. The minimum atomic E-state index is -4.37. The number of nitrogens with one attached hydrogen (secondary N) is 2. The summed E-state index contributed by atoms with van der Waals surface area (Å²) in [6, 6.07) is 4.70. The van der Waals surface area contributed by atoms with E-state index in [1.807, 2.05) is 0 Å². The molecule has 3 rings (SSSR count). The number of halogens is 3. The molecular weight excluding hydrogens is 353 g/mol. The summed E-state index contributed by atoms with van der Waals surface area (Å²) in [6.07, 6.45) is -0.311. The number of carbonyl (C=O) groups is 1. The molecule has 0 bridgehead atoms. The van der Waals surface area contributed by atoms with Crippen LogP contribution in [0.3, 0.4) is 0 Å². The third kappa shape index (κ3) is 4.24. The van der Waals surface area contributed by atoms with E-state index < -0.39 is 11.7 Å². The molecular formula is C16H13F3N4OS. The van der Waals surface area contributed by atoms with Gasteiger partial charge in [0, 0.05) is 23.7 Å². The van der Waals surface area contributed by atoms with Crippen molar-refractivity contribution in [2.24, 2.45) is 0 Å². The predicted molar refractivity (Wildman–Crippen MR) is 87.2 cm³/mol. The molecule has 0 fully saturated rings. The lowest BCUT2D eigenvalue weighted by Gasteiger charge is -2.06. The number of rotatable bonds is 5. The maximum Gasteiger partial charge on any atom is 0.416 e. The van der Waals surface area contributed by atoms with Crippen molar-refractivity contribution in [3.63, 3.8) is 0 Å². The SMILES string of the molecule is O=C(NCCc1cn[nH]c1)c1csc(-c2ccc(C(F)(F)F)cc2)n1. The number of alkyl halides is 3. The van der Waals surface area contributed by atoms with Gasteiger partial charge in [0.15, 0.2) is 0 Å². The van der Waals surface area contributed by atoms with Gasteiger partial charge in [-0.15, -0.1) is 11.3 Å². The first kappa shape index (κ1) is 17.2. The number of carbonyl (C=O) groups excluding carboxylic acids is 1. The lowest BCUT2D eigenvalue weighted by molar-refractivity contribution is -0.137. The number of H-pyrrole nitrogens is 1. The molecule has 1 aromatic carbocycles. The van der Waals surface area contributed by atoms with Crippen LogP contribution in [0.1, 0.15) is 21.6 Å². The summed E-state index contributed by atoms with van der Waals surface area (Å²) in [5, 5.41) is 11.3. The fraction of sp³-hybridized carbons (Fsp3) is 0.188. The van der Waals surface area contributed by atoms with Crippen molar-refractivity contribution < 1.29 is 18.0 Å². The molecule has 0 spiro atoms. The van der Waals surface area contributed by atoms with E-state index in [9.17, 15) is 18.0 Å². The Morgan fingerprint density at radius 1 is 1.24 bits per heavy atom. The number of benzene rings is 1. The first-order chi connectivity index (χ1) is 11.9. The molecule has 130 valence electrons. The minimum Gasteiger partial charge on any atom is -0.350 e. The number of amides is 1. The number of thiazole rings is 1. The predicted octanol–water partition coefficient (Wildman–Crippen LogP) is 3.52. The van der Waals surface area contributed by atoms with Crippen molar-refractivity contribution in [1.82, 2.24) is 20.5 Å². The van der Waals surface area contributed by atoms with Gasteiger partial charge in [-0.1, -0.05) is 12.1 Å². The first-order valence-electron chi connectivity index (χ1n) is 7.32. The Labute approximate surface area is 144 Å². The molecule has 0 atom stereocenters. The average Bonchev–Trinajstić information content (AvgIpc) is 3.26. The molecule has 3 aromatic rings. The number of hydrogen-bond donors (Lipinski definition) is 2. The van der Waals surface area contributed by atoms with E-state index in [-0.39, 0.29) is 11.6 Å². The number of aromatic nitrogens is 3. The molecule has 0 aliphatic rings. The van der Waals surface area contributed by atoms with Gasteiger partial charge in [0.25, 0.3) is 5.91 Å². The monoisotopic (exact) mass is 366 g/mol. The lowest BCUT2D eigenvalue weighted by Crippen LogP contribution is -2.25. The number of nitrogens with zero attached hydrogens (tertiary/aromatic N) is 2. The zero-order chi connectivity index (χ0) is 17.9. The third-order valence-electron chi connectivity index (χ3n) is 3.45. The minimum absolute atomic E-state index is 0.243. The first-order valence-corrected chi connectivity index (χ1v) is 8.20. The third-order valence-corrected chi connectivity index (χ3v) is 4.34. The van der Waals surface area contributed by atoms with Gasteiger partial charge < -0.3 is 5.32 Å². The van der Waals surface area contributed by atoms with Crippen LogP contribution in [-0.4, -0.2) is 27.6 Å². The van der Waals surface area contributed by atoms with Crippen LogP contribution in [-0.2, 0) is 12.6 Å². The summed E-state index contributed by atoms with van der Waals surface area (Å²) in [6.45, 7) is 0.436. The van der Waals surface area contributed by atoms with Crippen LogP contribution < -0.4 is 5.32 Å². The smallest absolute Gasteiger partial charge is 0.350 e. The van der Waals surface area contributed by atoms with E-state index in [1.54, 1.807) is 17.8 Å². The molecule has 9 heteroatoms. The lowest BCUT2D eigenvalue weighted by atomic mass is 10.1. The van der Waals surface area contributed by atoms with Gasteiger partial charge in [-0.3, -0.25) is 9.89 Å². The van der Waals surface area contributed by atoms with E-state index >= 15 is 0 Å². The second kappa shape index (κ2) is 7.06. The van der Waals surface area contributed by atoms with Crippen LogP contribution in [0.5, 0.6) is 0 Å². The topological polar surface area (TPSA) is 70.7 Å². The highest BCUT2D eigenvalue weighted by atomic mass is 32.1. The van der Waals surface area contributed by atoms with Gasteiger partial charge in [-0.05, 0) is 24.1 Å². The van der Waals surface area contributed by atoms with Crippen LogP contribution in [0.4, 0.5) is 13.2 Å². The van der Waals surface area contributed by atoms with Crippen molar-refractivity contribution in [1.29, 1.82) is 0 Å². The summed E-state index contributed by atoms with van der Waals surface area (Å²) in [5.74, 6) is -0.321. The molecule has 0 saturated carbocycles. The Kier molecular flexibility index (Phi) is 4.84. The van der Waals surface area contributed by atoms with Gasteiger partial charge in [0.1, 0.15) is 10.7 Å². The van der Waals surface area contributed by atoms with Crippen LogP contribution in [0.15, 0.2) is 42.0 Å². The van der Waals surface area contributed by atoms with E-state index in [0.29, 0.717) is 23.5 Å². The normalized spacial score (nSPS) is 11.5. The summed E-state index contributed by atoms with van der Waals surface area (Å²) in [7, 11) is 0. The van der Waals surface area contributed by atoms with E-state index in [4.69, 9.17) is 0 Å². The molecule has 0 aliphatic carbocycles. The van der Waals surface area contributed by atoms with Gasteiger partial charge in [-0.2, -0.15) is 18.3 Å². The molecule has 2 heterocycles. The molecule has 0 unspecified atom stereocenters. The van der Waals surface area contributed by atoms with Crippen molar-refractivity contribution >= 4 is 17.2 Å². The van der Waals surface area contributed by atoms with Crippen LogP contribution >= 0.6 is 11.3 Å². The maximum atomic E-state index is 12.6. The maximum absolute atomic E-state index is 12.6. The Bertz CT molecular complexity index is 841. The molecule has 25 heavy (non-hydrogen) atoms. The molecule has 1 amide bonds. The Hall–Kier alpha value is -2.68. The number of aromatic amines is 1. The van der Waals surface area contributed by atoms with Crippen molar-refractivity contribution in [3.05, 3.63) is 58.9 Å². The van der Waals surface area contributed by atoms with Gasteiger partial charge in [-0.25, -0.2) is 4.98 Å². The standard InChI is InChI=1S/C16H13F3N4OS/c17-16(18,19)12-3-1-11(2-4-12)15-23-13(9-25-15)14(24)20-6-5-10-7-21-22-8-10/h1-4,7-9H,5-6H2,(H,20,24)(H,21,22). The van der Waals surface area contributed by atoms with E-state index in [2.05, 4.69) is 20.5 Å². The van der Waals surface area contributed by atoms with E-state index in [1.165, 1.54) is 23.5 Å². The zero-order valence-corrected chi connectivity index (χ0v) is 13.6. The molecule has 2 N–H and O–H groups in total. The zero-order valence-electron chi connectivity index (χ0n) is 12.8. The molecule has 5 nitrogen and oxygen atoms in total. The highest BCUT2D eigenvalue weighted by molar-refractivity contribution is 7.13. The molecule has 0 aliphatic heterocycles. The largest absolute Gasteiger partial charge is 0.416 e. The molecule has 0 saturated heterocycles. The van der Waals surface area contributed by atoms with Gasteiger partial charge in [0.05, 0.1) is 11.8 Å². The molecule has 2 aromatic heterocycles. The van der Waals surface area contributed by atoms with Gasteiger partial charge in [0.2, 0.25) is 0 Å². The Morgan fingerprint density at radius 2 is 2.00 bits per heavy atom. The fourth-order valence-corrected chi connectivity index (χ4v) is 2.94.